The number of thioether (sulfide) groups is 1. The monoisotopic (exact) mass is 354 g/mol. The number of rotatable bonds is 4. The Morgan fingerprint density at radius 3 is 2.62 bits per heavy atom. The van der Waals surface area contributed by atoms with Gasteiger partial charge in [-0.15, -0.1) is 0 Å². The third-order valence-electron chi connectivity index (χ3n) is 3.48. The van der Waals surface area contributed by atoms with Crippen molar-refractivity contribution >= 4 is 17.7 Å². The number of aryl methyl sites for hydroxylation is 2. The van der Waals surface area contributed by atoms with Gasteiger partial charge in [0, 0.05) is 18.0 Å². The van der Waals surface area contributed by atoms with Crippen LogP contribution in [0.15, 0.2) is 41.6 Å². The standard InChI is InChI=1S/C17H17F3N2OS/c1-10-6-7-11(2)14(9-10)12(3)22-15(23)13-5-4-8-21-16(13)24-17(18,19)20/h4-9,12H,1-3H3,(H,22,23). The zero-order valence-electron chi connectivity index (χ0n) is 13.4. The van der Waals surface area contributed by atoms with E-state index in [1.807, 2.05) is 32.0 Å². The summed E-state index contributed by atoms with van der Waals surface area (Å²) in [5.41, 5.74) is -1.60. The number of nitrogens with one attached hydrogen (secondary N) is 1. The number of nitrogens with zero attached hydrogens (tertiary/aromatic N) is 1. The highest BCUT2D eigenvalue weighted by atomic mass is 32.2. The Morgan fingerprint density at radius 1 is 1.25 bits per heavy atom. The number of hydrogen-bond acceptors (Lipinski definition) is 3. The molecule has 0 saturated heterocycles. The van der Waals surface area contributed by atoms with E-state index < -0.39 is 11.4 Å². The molecule has 0 bridgehead atoms. The van der Waals surface area contributed by atoms with Gasteiger partial charge in [-0.2, -0.15) is 13.2 Å². The van der Waals surface area contributed by atoms with Crippen molar-refractivity contribution in [2.24, 2.45) is 0 Å². The van der Waals surface area contributed by atoms with Crippen LogP contribution in [-0.4, -0.2) is 16.4 Å². The van der Waals surface area contributed by atoms with Crippen molar-refractivity contribution in [2.45, 2.75) is 37.3 Å². The molecule has 0 aliphatic carbocycles. The van der Waals surface area contributed by atoms with Crippen LogP contribution in [0.2, 0.25) is 0 Å². The minimum atomic E-state index is -4.50. The number of alkyl halides is 3. The second kappa shape index (κ2) is 7.25. The largest absolute Gasteiger partial charge is 0.447 e. The fourth-order valence-electron chi connectivity index (χ4n) is 2.33. The van der Waals surface area contributed by atoms with E-state index in [9.17, 15) is 18.0 Å². The second-order valence-corrected chi connectivity index (χ2v) is 6.51. The number of benzene rings is 1. The smallest absolute Gasteiger partial charge is 0.345 e. The van der Waals surface area contributed by atoms with E-state index in [4.69, 9.17) is 0 Å². The normalized spacial score (nSPS) is 12.8. The lowest BCUT2D eigenvalue weighted by atomic mass is 10.00. The first-order chi connectivity index (χ1) is 11.2. The van der Waals surface area contributed by atoms with Crippen LogP contribution < -0.4 is 5.32 Å². The molecule has 0 aliphatic rings. The third-order valence-corrected chi connectivity index (χ3v) is 4.23. The van der Waals surface area contributed by atoms with Crippen molar-refractivity contribution in [3.63, 3.8) is 0 Å². The molecule has 1 aromatic carbocycles. The molecule has 0 aliphatic heterocycles. The minimum absolute atomic E-state index is 0.0861. The number of pyridine rings is 1. The van der Waals surface area contributed by atoms with Crippen molar-refractivity contribution in [1.29, 1.82) is 0 Å². The molecule has 1 atom stereocenters. The topological polar surface area (TPSA) is 42.0 Å². The first-order valence-electron chi connectivity index (χ1n) is 7.26. The molecule has 0 radical (unpaired) electrons. The molecule has 7 heteroatoms. The average molecular weight is 354 g/mol. The van der Waals surface area contributed by atoms with E-state index in [0.29, 0.717) is 0 Å². The molecule has 24 heavy (non-hydrogen) atoms. The number of carbonyl (C=O) groups excluding carboxylic acids is 1. The summed E-state index contributed by atoms with van der Waals surface area (Å²) in [4.78, 5) is 16.1. The number of carbonyl (C=O) groups is 1. The van der Waals surface area contributed by atoms with Crippen molar-refractivity contribution < 1.29 is 18.0 Å². The zero-order valence-corrected chi connectivity index (χ0v) is 14.3. The van der Waals surface area contributed by atoms with E-state index in [1.165, 1.54) is 18.3 Å². The Labute approximate surface area is 142 Å². The summed E-state index contributed by atoms with van der Waals surface area (Å²) in [7, 11) is 0. The first kappa shape index (κ1) is 18.3. The number of aromatic nitrogens is 1. The summed E-state index contributed by atoms with van der Waals surface area (Å²) < 4.78 is 37.8. The summed E-state index contributed by atoms with van der Waals surface area (Å²) in [6.45, 7) is 5.66. The van der Waals surface area contributed by atoms with Crippen molar-refractivity contribution in [3.05, 3.63) is 58.8 Å². The molecule has 1 N–H and O–H groups in total. The van der Waals surface area contributed by atoms with Gasteiger partial charge in [-0.1, -0.05) is 23.8 Å². The maximum Gasteiger partial charge on any atom is 0.447 e. The highest BCUT2D eigenvalue weighted by Gasteiger charge is 2.32. The summed E-state index contributed by atoms with van der Waals surface area (Å²) >= 11 is -0.388. The highest BCUT2D eigenvalue weighted by Crippen LogP contribution is 2.37. The predicted molar refractivity (Wildman–Crippen MR) is 87.9 cm³/mol. The molecule has 1 heterocycles. The van der Waals surface area contributed by atoms with Crippen LogP contribution in [0, 0.1) is 13.8 Å². The van der Waals surface area contributed by atoms with Gasteiger partial charge in [0.2, 0.25) is 0 Å². The van der Waals surface area contributed by atoms with Crippen LogP contribution in [0.1, 0.15) is 40.0 Å². The lowest BCUT2D eigenvalue weighted by Crippen LogP contribution is -2.28. The SMILES string of the molecule is Cc1ccc(C)c(C(C)NC(=O)c2cccnc2SC(F)(F)F)c1. The molecule has 128 valence electrons. The molecular formula is C17H17F3N2OS. The van der Waals surface area contributed by atoms with Gasteiger partial charge in [-0.25, -0.2) is 4.98 Å². The van der Waals surface area contributed by atoms with Gasteiger partial charge in [-0.3, -0.25) is 4.79 Å². The molecule has 3 nitrogen and oxygen atoms in total. The first-order valence-corrected chi connectivity index (χ1v) is 8.08. The number of halogens is 3. The fourth-order valence-corrected chi connectivity index (χ4v) is 2.94. The lowest BCUT2D eigenvalue weighted by molar-refractivity contribution is -0.0329. The quantitative estimate of drug-likeness (QED) is 0.802. The van der Waals surface area contributed by atoms with Gasteiger partial charge in [0.1, 0.15) is 5.03 Å². The van der Waals surface area contributed by atoms with Crippen LogP contribution in [0.25, 0.3) is 0 Å². The minimum Gasteiger partial charge on any atom is -0.345 e. The van der Waals surface area contributed by atoms with E-state index in [-0.39, 0.29) is 28.4 Å². The van der Waals surface area contributed by atoms with E-state index in [0.717, 1.165) is 16.7 Å². The molecule has 0 fully saturated rings. The summed E-state index contributed by atoms with van der Waals surface area (Å²) in [5, 5.41) is 2.40. The van der Waals surface area contributed by atoms with Crippen LogP contribution in [0.4, 0.5) is 13.2 Å². The third kappa shape index (κ3) is 4.74. The van der Waals surface area contributed by atoms with Crippen LogP contribution in [-0.2, 0) is 0 Å². The van der Waals surface area contributed by atoms with Crippen molar-refractivity contribution in [2.75, 3.05) is 0 Å². The predicted octanol–water partition coefficient (Wildman–Crippen LogP) is 4.80. The lowest BCUT2D eigenvalue weighted by Gasteiger charge is -2.18. The van der Waals surface area contributed by atoms with Gasteiger partial charge in [0.05, 0.1) is 11.6 Å². The maximum absolute atomic E-state index is 12.6. The van der Waals surface area contributed by atoms with Crippen molar-refractivity contribution in [3.8, 4) is 0 Å². The Balaban J connectivity index is 2.22. The van der Waals surface area contributed by atoms with Crippen LogP contribution in [0.3, 0.4) is 0 Å². The van der Waals surface area contributed by atoms with Gasteiger partial charge < -0.3 is 5.32 Å². The van der Waals surface area contributed by atoms with Crippen LogP contribution >= 0.6 is 11.8 Å². The van der Waals surface area contributed by atoms with E-state index in [1.54, 1.807) is 6.92 Å². The van der Waals surface area contributed by atoms with Crippen LogP contribution in [0.5, 0.6) is 0 Å². The summed E-state index contributed by atoms with van der Waals surface area (Å²) in [5.74, 6) is -0.580. The Hall–Kier alpha value is -2.02. The maximum atomic E-state index is 12.6. The summed E-state index contributed by atoms with van der Waals surface area (Å²) in [6, 6.07) is 8.31. The zero-order chi connectivity index (χ0) is 17.9. The van der Waals surface area contributed by atoms with Crippen molar-refractivity contribution in [1.82, 2.24) is 10.3 Å². The molecule has 0 spiro atoms. The van der Waals surface area contributed by atoms with Gasteiger partial charge in [0.15, 0.2) is 0 Å². The average Bonchev–Trinajstić information content (AvgIpc) is 2.48. The van der Waals surface area contributed by atoms with Gasteiger partial charge in [0.25, 0.3) is 5.91 Å². The molecular weight excluding hydrogens is 337 g/mol. The molecule has 1 unspecified atom stereocenters. The molecule has 0 saturated carbocycles. The van der Waals surface area contributed by atoms with Gasteiger partial charge in [-0.05, 0) is 44.0 Å². The fraction of sp³-hybridized carbons (Fsp3) is 0.294. The van der Waals surface area contributed by atoms with E-state index >= 15 is 0 Å². The molecule has 1 aromatic heterocycles. The number of amides is 1. The van der Waals surface area contributed by atoms with Gasteiger partial charge >= 0.3 is 5.51 Å². The summed E-state index contributed by atoms with van der Waals surface area (Å²) in [6.07, 6.45) is 1.24. The molecule has 2 rings (SSSR count). The Bertz CT molecular complexity index is 747. The Kier molecular flexibility index (Phi) is 5.54. The highest BCUT2D eigenvalue weighted by molar-refractivity contribution is 8.00. The van der Waals surface area contributed by atoms with E-state index in [2.05, 4.69) is 10.3 Å². The molecule has 1 amide bonds. The Morgan fingerprint density at radius 2 is 1.96 bits per heavy atom. The number of hydrogen-bond donors (Lipinski definition) is 1. The second-order valence-electron chi connectivity index (χ2n) is 5.46. The molecule has 2 aromatic rings.